The summed E-state index contributed by atoms with van der Waals surface area (Å²) in [5, 5.41) is 2.83. The number of amides is 1. The topological polar surface area (TPSA) is 56.1 Å². The van der Waals surface area contributed by atoms with Gasteiger partial charge in [-0.25, -0.2) is 4.98 Å². The van der Waals surface area contributed by atoms with E-state index in [0.717, 1.165) is 12.4 Å². The lowest BCUT2D eigenvalue weighted by Crippen LogP contribution is -2.30. The number of nitrogens with one attached hydrogen (secondary N) is 1. The molecule has 0 aromatic carbocycles. The minimum Gasteiger partial charge on any atom is -0.372 e. The molecule has 0 saturated heterocycles. The molecule has 0 spiro atoms. The van der Waals surface area contributed by atoms with Crippen LogP contribution in [0.25, 0.3) is 0 Å². The van der Waals surface area contributed by atoms with E-state index in [-0.39, 0.29) is 12.5 Å². The Labute approximate surface area is 101 Å². The molecule has 1 aromatic heterocycles. The number of imidazole rings is 1. The summed E-state index contributed by atoms with van der Waals surface area (Å²) in [5.41, 5.74) is 0. The van der Waals surface area contributed by atoms with Gasteiger partial charge in [-0.05, 0) is 19.8 Å². The van der Waals surface area contributed by atoms with Crippen LogP contribution in [0.2, 0.25) is 0 Å². The molecule has 0 radical (unpaired) electrons. The Bertz CT molecular complexity index is 372. The average Bonchev–Trinajstić information content (AvgIpc) is 3.07. The van der Waals surface area contributed by atoms with Crippen LogP contribution >= 0.6 is 0 Å². The summed E-state index contributed by atoms with van der Waals surface area (Å²) in [4.78, 5) is 15.7. The molecule has 5 nitrogen and oxygen atoms in total. The van der Waals surface area contributed by atoms with Crippen LogP contribution in [-0.2, 0) is 16.1 Å². The number of carbonyl (C=O) groups excluding carboxylic acids is 1. The maximum absolute atomic E-state index is 11.3. The van der Waals surface area contributed by atoms with Crippen molar-refractivity contribution in [3.63, 3.8) is 0 Å². The first-order valence-corrected chi connectivity index (χ1v) is 6.16. The predicted octanol–water partition coefficient (Wildman–Crippen LogP) is 0.913. The molecule has 5 heteroatoms. The Kier molecular flexibility index (Phi) is 4.14. The summed E-state index contributed by atoms with van der Waals surface area (Å²) in [6.07, 6.45) is 6.29. The van der Waals surface area contributed by atoms with Crippen LogP contribution in [0.15, 0.2) is 12.4 Å². The van der Waals surface area contributed by atoms with Crippen molar-refractivity contribution < 1.29 is 9.53 Å². The molecule has 1 aliphatic carbocycles. The zero-order valence-corrected chi connectivity index (χ0v) is 10.2. The molecule has 0 bridgehead atoms. The molecule has 1 amide bonds. The fourth-order valence-corrected chi connectivity index (χ4v) is 1.77. The van der Waals surface area contributed by atoms with Crippen molar-refractivity contribution in [1.82, 2.24) is 14.9 Å². The molecule has 1 N–H and O–H groups in total. The monoisotopic (exact) mass is 237 g/mol. The maximum Gasteiger partial charge on any atom is 0.246 e. The Morgan fingerprint density at radius 2 is 2.47 bits per heavy atom. The number of nitrogens with zero attached hydrogens (tertiary/aromatic N) is 2. The minimum atomic E-state index is -0.0556. The summed E-state index contributed by atoms with van der Waals surface area (Å²) in [6, 6.07) is 0. The first-order valence-electron chi connectivity index (χ1n) is 6.16. The van der Waals surface area contributed by atoms with E-state index in [9.17, 15) is 4.79 Å². The molecule has 94 valence electrons. The fourth-order valence-electron chi connectivity index (χ4n) is 1.77. The van der Waals surface area contributed by atoms with Crippen LogP contribution in [0, 0.1) is 0 Å². The van der Waals surface area contributed by atoms with Gasteiger partial charge in [0, 0.05) is 38.0 Å². The number of aromatic nitrogens is 2. The van der Waals surface area contributed by atoms with E-state index >= 15 is 0 Å². The molecule has 2 rings (SSSR count). The first kappa shape index (κ1) is 12.1. The number of rotatable bonds is 7. The van der Waals surface area contributed by atoms with E-state index in [1.165, 1.54) is 12.8 Å². The van der Waals surface area contributed by atoms with Gasteiger partial charge in [0.1, 0.15) is 12.4 Å². The van der Waals surface area contributed by atoms with Crippen molar-refractivity contribution in [2.75, 3.05) is 19.8 Å². The van der Waals surface area contributed by atoms with Crippen LogP contribution in [0.4, 0.5) is 0 Å². The highest BCUT2D eigenvalue weighted by molar-refractivity contribution is 5.77. The van der Waals surface area contributed by atoms with Gasteiger partial charge in [-0.1, -0.05) is 0 Å². The van der Waals surface area contributed by atoms with Gasteiger partial charge in [-0.3, -0.25) is 4.79 Å². The summed E-state index contributed by atoms with van der Waals surface area (Å²) < 4.78 is 7.15. The summed E-state index contributed by atoms with van der Waals surface area (Å²) in [6.45, 7) is 4.00. The van der Waals surface area contributed by atoms with E-state index in [0.29, 0.717) is 19.1 Å². The largest absolute Gasteiger partial charge is 0.372 e. The highest BCUT2D eigenvalue weighted by Crippen LogP contribution is 2.38. The lowest BCUT2D eigenvalue weighted by Gasteiger charge is -2.08. The highest BCUT2D eigenvalue weighted by Gasteiger charge is 2.27. The van der Waals surface area contributed by atoms with Gasteiger partial charge >= 0.3 is 0 Å². The fraction of sp³-hybridized carbons (Fsp3) is 0.667. The molecule has 1 heterocycles. The Morgan fingerprint density at radius 1 is 1.65 bits per heavy atom. The number of ether oxygens (including phenoxy) is 1. The third-order valence-corrected chi connectivity index (χ3v) is 2.80. The Balaban J connectivity index is 1.70. The van der Waals surface area contributed by atoms with E-state index in [4.69, 9.17) is 4.74 Å². The molecule has 0 aliphatic heterocycles. The normalized spacial score (nSPS) is 14.9. The zero-order valence-electron chi connectivity index (χ0n) is 10.2. The van der Waals surface area contributed by atoms with E-state index in [1.807, 2.05) is 19.3 Å². The Morgan fingerprint density at radius 3 is 3.18 bits per heavy atom. The molecular weight excluding hydrogens is 218 g/mol. The molecule has 17 heavy (non-hydrogen) atoms. The lowest BCUT2D eigenvalue weighted by molar-refractivity contribution is -0.125. The quantitative estimate of drug-likeness (QED) is 0.767. The van der Waals surface area contributed by atoms with Crippen molar-refractivity contribution in [3.8, 4) is 0 Å². The zero-order chi connectivity index (χ0) is 12.1. The van der Waals surface area contributed by atoms with Gasteiger partial charge in [-0.2, -0.15) is 0 Å². The molecule has 1 saturated carbocycles. The van der Waals surface area contributed by atoms with Crippen molar-refractivity contribution in [2.24, 2.45) is 0 Å². The highest BCUT2D eigenvalue weighted by atomic mass is 16.5. The SMILES string of the molecule is CCOCC(=O)NCCn1ccnc1C1CC1. The smallest absolute Gasteiger partial charge is 0.246 e. The van der Waals surface area contributed by atoms with Gasteiger partial charge in [0.2, 0.25) is 5.91 Å². The number of carbonyl (C=O) groups is 1. The standard InChI is InChI=1S/C12H19N3O2/c1-2-17-9-11(16)13-5-7-15-8-6-14-12(15)10-3-4-10/h6,8,10H,2-5,7,9H2,1H3,(H,13,16). The lowest BCUT2D eigenvalue weighted by atomic mass is 10.4. The van der Waals surface area contributed by atoms with Gasteiger partial charge in [0.25, 0.3) is 0 Å². The first-order chi connectivity index (χ1) is 8.31. The molecule has 1 fully saturated rings. The van der Waals surface area contributed by atoms with Crippen molar-refractivity contribution in [3.05, 3.63) is 18.2 Å². The van der Waals surface area contributed by atoms with Gasteiger partial charge in [-0.15, -0.1) is 0 Å². The van der Waals surface area contributed by atoms with Crippen LogP contribution < -0.4 is 5.32 Å². The second-order valence-electron chi connectivity index (χ2n) is 4.24. The number of hydrogen-bond donors (Lipinski definition) is 1. The Hall–Kier alpha value is -1.36. The summed E-state index contributed by atoms with van der Waals surface area (Å²) in [5.74, 6) is 1.74. The van der Waals surface area contributed by atoms with E-state index < -0.39 is 0 Å². The number of hydrogen-bond acceptors (Lipinski definition) is 3. The summed E-state index contributed by atoms with van der Waals surface area (Å²) >= 11 is 0. The van der Waals surface area contributed by atoms with Gasteiger partial charge < -0.3 is 14.6 Å². The maximum atomic E-state index is 11.3. The third-order valence-electron chi connectivity index (χ3n) is 2.80. The molecule has 1 aliphatic rings. The van der Waals surface area contributed by atoms with Crippen LogP contribution in [0.1, 0.15) is 31.5 Å². The van der Waals surface area contributed by atoms with Crippen molar-refractivity contribution in [1.29, 1.82) is 0 Å². The molecule has 0 unspecified atom stereocenters. The van der Waals surface area contributed by atoms with Gasteiger partial charge in [0.15, 0.2) is 0 Å². The van der Waals surface area contributed by atoms with E-state index in [2.05, 4.69) is 14.9 Å². The average molecular weight is 237 g/mol. The van der Waals surface area contributed by atoms with E-state index in [1.54, 1.807) is 0 Å². The van der Waals surface area contributed by atoms with Crippen LogP contribution in [0.5, 0.6) is 0 Å². The van der Waals surface area contributed by atoms with Crippen LogP contribution in [-0.4, -0.2) is 35.2 Å². The van der Waals surface area contributed by atoms with Gasteiger partial charge in [0.05, 0.1) is 0 Å². The second-order valence-corrected chi connectivity index (χ2v) is 4.24. The predicted molar refractivity (Wildman–Crippen MR) is 63.7 cm³/mol. The van der Waals surface area contributed by atoms with Crippen molar-refractivity contribution >= 4 is 5.91 Å². The molecular formula is C12H19N3O2. The third kappa shape index (κ3) is 3.56. The molecule has 1 aromatic rings. The molecule has 0 atom stereocenters. The summed E-state index contributed by atoms with van der Waals surface area (Å²) in [7, 11) is 0. The van der Waals surface area contributed by atoms with Crippen molar-refractivity contribution in [2.45, 2.75) is 32.2 Å². The van der Waals surface area contributed by atoms with Crippen LogP contribution in [0.3, 0.4) is 0 Å². The second kappa shape index (κ2) is 5.82. The minimum absolute atomic E-state index is 0.0556.